The van der Waals surface area contributed by atoms with Gasteiger partial charge < -0.3 is 5.32 Å². The van der Waals surface area contributed by atoms with Crippen LogP contribution in [-0.2, 0) is 13.1 Å². The van der Waals surface area contributed by atoms with Crippen LogP contribution in [0.5, 0.6) is 0 Å². The van der Waals surface area contributed by atoms with Gasteiger partial charge in [-0.05, 0) is 12.5 Å². The van der Waals surface area contributed by atoms with Crippen LogP contribution in [0.3, 0.4) is 0 Å². The first-order valence-electron chi connectivity index (χ1n) is 7.48. The summed E-state index contributed by atoms with van der Waals surface area (Å²) in [5.74, 6) is 0. The number of aryl methyl sites for hydroxylation is 1. The van der Waals surface area contributed by atoms with E-state index in [1.165, 1.54) is 44.2 Å². The van der Waals surface area contributed by atoms with Crippen molar-refractivity contribution in [3.05, 3.63) is 18.0 Å². The number of unbranched alkanes of at least 4 members (excludes halogenated alkanes) is 5. The topological polar surface area (TPSA) is 29.9 Å². The Morgan fingerprint density at radius 2 is 1.89 bits per heavy atom. The Labute approximate surface area is 112 Å². The average Bonchev–Trinajstić information content (AvgIpc) is 2.78. The zero-order valence-corrected chi connectivity index (χ0v) is 12.3. The van der Waals surface area contributed by atoms with Crippen LogP contribution >= 0.6 is 0 Å². The molecule has 0 bridgehead atoms. The third-order valence-corrected chi connectivity index (χ3v) is 3.22. The lowest BCUT2D eigenvalue weighted by Crippen LogP contribution is -2.23. The third kappa shape index (κ3) is 6.20. The van der Waals surface area contributed by atoms with Crippen molar-refractivity contribution in [3.8, 4) is 0 Å². The Morgan fingerprint density at radius 1 is 1.17 bits per heavy atom. The van der Waals surface area contributed by atoms with E-state index >= 15 is 0 Å². The second-order valence-electron chi connectivity index (χ2n) is 5.35. The molecule has 0 aliphatic rings. The number of nitrogens with zero attached hydrogens (tertiary/aromatic N) is 2. The predicted molar refractivity (Wildman–Crippen MR) is 77.6 cm³/mol. The molecule has 1 aromatic rings. The normalized spacial score (nSPS) is 11.3. The first-order chi connectivity index (χ1) is 8.74. The molecular weight excluding hydrogens is 222 g/mol. The van der Waals surface area contributed by atoms with Crippen LogP contribution in [0.4, 0.5) is 0 Å². The Balaban J connectivity index is 2.19. The van der Waals surface area contributed by atoms with Crippen LogP contribution < -0.4 is 5.32 Å². The fourth-order valence-corrected chi connectivity index (χ4v) is 2.06. The summed E-state index contributed by atoms with van der Waals surface area (Å²) in [6, 6.07) is 2.65. The van der Waals surface area contributed by atoms with Gasteiger partial charge in [0.2, 0.25) is 0 Å². The van der Waals surface area contributed by atoms with Gasteiger partial charge in [0.1, 0.15) is 0 Å². The monoisotopic (exact) mass is 251 g/mol. The quantitative estimate of drug-likeness (QED) is 0.642. The van der Waals surface area contributed by atoms with E-state index in [1.54, 1.807) is 0 Å². The first kappa shape index (κ1) is 15.2. The molecular formula is C15H29N3. The second kappa shape index (κ2) is 9.15. The molecule has 0 aliphatic heterocycles. The summed E-state index contributed by atoms with van der Waals surface area (Å²) < 4.78 is 2.15. The lowest BCUT2D eigenvalue weighted by atomic mass is 10.1. The highest BCUT2D eigenvalue weighted by molar-refractivity contribution is 5.00. The third-order valence-electron chi connectivity index (χ3n) is 3.22. The van der Waals surface area contributed by atoms with Gasteiger partial charge in [0.15, 0.2) is 0 Å². The van der Waals surface area contributed by atoms with Gasteiger partial charge in [-0.15, -0.1) is 0 Å². The summed E-state index contributed by atoms with van der Waals surface area (Å²) in [7, 11) is 0. The lowest BCUT2D eigenvalue weighted by molar-refractivity contribution is 0.493. The molecule has 0 radical (unpaired) electrons. The molecule has 0 aromatic carbocycles. The molecule has 0 aliphatic carbocycles. The van der Waals surface area contributed by atoms with Crippen molar-refractivity contribution in [1.29, 1.82) is 0 Å². The molecule has 18 heavy (non-hydrogen) atoms. The molecule has 0 saturated heterocycles. The minimum Gasteiger partial charge on any atom is -0.309 e. The highest BCUT2D eigenvalue weighted by Crippen LogP contribution is 2.07. The van der Waals surface area contributed by atoms with Gasteiger partial charge in [-0.3, -0.25) is 4.68 Å². The van der Waals surface area contributed by atoms with Gasteiger partial charge in [0.05, 0.1) is 5.69 Å². The van der Waals surface area contributed by atoms with Crippen LogP contribution in [0.15, 0.2) is 12.3 Å². The number of aromatic nitrogens is 2. The Kier molecular flexibility index (Phi) is 7.74. The highest BCUT2D eigenvalue weighted by Gasteiger charge is 2.02. The maximum atomic E-state index is 4.40. The first-order valence-corrected chi connectivity index (χ1v) is 7.48. The van der Waals surface area contributed by atoms with Crippen molar-refractivity contribution in [2.45, 2.75) is 78.4 Å². The van der Waals surface area contributed by atoms with Crippen LogP contribution in [-0.4, -0.2) is 15.8 Å². The van der Waals surface area contributed by atoms with Crippen LogP contribution in [0.1, 0.15) is 65.0 Å². The molecule has 1 aromatic heterocycles. The van der Waals surface area contributed by atoms with E-state index in [4.69, 9.17) is 0 Å². The van der Waals surface area contributed by atoms with Crippen molar-refractivity contribution >= 4 is 0 Å². The van der Waals surface area contributed by atoms with Crippen LogP contribution in [0.25, 0.3) is 0 Å². The molecule has 0 spiro atoms. The molecule has 0 saturated carbocycles. The van der Waals surface area contributed by atoms with Gasteiger partial charge in [-0.1, -0.05) is 52.9 Å². The number of hydrogen-bond donors (Lipinski definition) is 1. The molecule has 0 unspecified atom stereocenters. The van der Waals surface area contributed by atoms with Crippen LogP contribution in [0, 0.1) is 0 Å². The molecule has 1 heterocycles. The smallest absolute Gasteiger partial charge is 0.0522 e. The Hall–Kier alpha value is -0.830. The second-order valence-corrected chi connectivity index (χ2v) is 5.35. The predicted octanol–water partition coefficient (Wildman–Crippen LogP) is 3.74. The zero-order chi connectivity index (χ0) is 13.2. The summed E-state index contributed by atoms with van der Waals surface area (Å²) in [6.07, 6.45) is 9.95. The fourth-order valence-electron chi connectivity index (χ4n) is 2.06. The Bertz CT molecular complexity index is 304. The number of nitrogens with one attached hydrogen (secondary N) is 1. The molecule has 1 rings (SSSR count). The van der Waals surface area contributed by atoms with Crippen molar-refractivity contribution in [3.63, 3.8) is 0 Å². The largest absolute Gasteiger partial charge is 0.309 e. The van der Waals surface area contributed by atoms with Gasteiger partial charge >= 0.3 is 0 Å². The van der Waals surface area contributed by atoms with Crippen molar-refractivity contribution in [1.82, 2.24) is 15.1 Å². The minimum atomic E-state index is 0.530. The molecule has 3 heteroatoms. The van der Waals surface area contributed by atoms with E-state index < -0.39 is 0 Å². The molecule has 0 atom stereocenters. The van der Waals surface area contributed by atoms with Gasteiger partial charge in [-0.2, -0.15) is 5.10 Å². The minimum absolute atomic E-state index is 0.530. The van der Waals surface area contributed by atoms with Crippen molar-refractivity contribution in [2.24, 2.45) is 0 Å². The van der Waals surface area contributed by atoms with Gasteiger partial charge in [0.25, 0.3) is 0 Å². The average molecular weight is 251 g/mol. The standard InChI is InChI=1S/C15H29N3/c1-4-5-6-7-8-9-12-18-15(10-11-17-18)13-16-14(2)3/h10-11,14,16H,4-9,12-13H2,1-3H3. The van der Waals surface area contributed by atoms with E-state index in [9.17, 15) is 0 Å². The van der Waals surface area contributed by atoms with E-state index in [0.717, 1.165) is 13.1 Å². The number of hydrogen-bond acceptors (Lipinski definition) is 2. The zero-order valence-electron chi connectivity index (χ0n) is 12.3. The molecule has 1 N–H and O–H groups in total. The van der Waals surface area contributed by atoms with Gasteiger partial charge in [0, 0.05) is 25.3 Å². The molecule has 104 valence electrons. The van der Waals surface area contributed by atoms with E-state index in [1.807, 2.05) is 6.20 Å². The van der Waals surface area contributed by atoms with E-state index in [2.05, 4.69) is 41.9 Å². The Morgan fingerprint density at radius 3 is 2.61 bits per heavy atom. The van der Waals surface area contributed by atoms with Crippen LogP contribution in [0.2, 0.25) is 0 Å². The van der Waals surface area contributed by atoms with E-state index in [0.29, 0.717) is 6.04 Å². The summed E-state index contributed by atoms with van der Waals surface area (Å²) in [6.45, 7) is 8.60. The highest BCUT2D eigenvalue weighted by atomic mass is 15.3. The fraction of sp³-hybridized carbons (Fsp3) is 0.800. The summed E-state index contributed by atoms with van der Waals surface area (Å²) in [5.41, 5.74) is 1.30. The molecule has 0 amide bonds. The maximum Gasteiger partial charge on any atom is 0.0522 e. The summed E-state index contributed by atoms with van der Waals surface area (Å²) in [5, 5.41) is 7.85. The van der Waals surface area contributed by atoms with E-state index in [-0.39, 0.29) is 0 Å². The SMILES string of the molecule is CCCCCCCCn1nccc1CNC(C)C. The lowest BCUT2D eigenvalue weighted by Gasteiger charge is -2.10. The van der Waals surface area contributed by atoms with Crippen molar-refractivity contribution in [2.75, 3.05) is 0 Å². The summed E-state index contributed by atoms with van der Waals surface area (Å²) >= 11 is 0. The maximum absolute atomic E-state index is 4.40. The van der Waals surface area contributed by atoms with Gasteiger partial charge in [-0.25, -0.2) is 0 Å². The molecule has 3 nitrogen and oxygen atoms in total. The number of rotatable bonds is 10. The van der Waals surface area contributed by atoms with Crippen molar-refractivity contribution < 1.29 is 0 Å². The molecule has 0 fully saturated rings. The summed E-state index contributed by atoms with van der Waals surface area (Å²) in [4.78, 5) is 0.